The molecule has 0 aliphatic carbocycles. The van der Waals surface area contributed by atoms with Crippen molar-refractivity contribution < 1.29 is 14.1 Å². The van der Waals surface area contributed by atoms with Gasteiger partial charge in [-0.3, -0.25) is 4.79 Å². The van der Waals surface area contributed by atoms with E-state index in [0.29, 0.717) is 6.61 Å². The highest BCUT2D eigenvalue weighted by Gasteiger charge is 2.29. The molecule has 5 nitrogen and oxygen atoms in total. The fraction of sp³-hybridized carbons (Fsp3) is 0.286. The molecule has 1 N–H and O–H groups in total. The quantitative estimate of drug-likeness (QED) is 0.892. The molecule has 0 aliphatic heterocycles. The Bertz CT molecular complexity index is 525. The first-order valence-corrected chi connectivity index (χ1v) is 5.93. The topological polar surface area (TPSA) is 64.4 Å². The number of benzene rings is 1. The third kappa shape index (κ3) is 3.00. The van der Waals surface area contributed by atoms with Gasteiger partial charge in [0.15, 0.2) is 5.69 Å². The van der Waals surface area contributed by atoms with Gasteiger partial charge in [-0.2, -0.15) is 0 Å². The number of carbonyl (C=O) groups is 1. The average Bonchev–Trinajstić information content (AvgIpc) is 2.94. The van der Waals surface area contributed by atoms with Crippen molar-refractivity contribution in [2.24, 2.45) is 0 Å². The summed E-state index contributed by atoms with van der Waals surface area (Å²) in [5.74, 6) is -0.294. The summed E-state index contributed by atoms with van der Waals surface area (Å²) in [6, 6.07) is 11.2. The highest BCUT2D eigenvalue weighted by Crippen LogP contribution is 2.21. The van der Waals surface area contributed by atoms with Crippen molar-refractivity contribution in [3.8, 4) is 0 Å². The van der Waals surface area contributed by atoms with Crippen LogP contribution in [0.1, 0.15) is 23.0 Å². The zero-order valence-corrected chi connectivity index (χ0v) is 10.9. The summed E-state index contributed by atoms with van der Waals surface area (Å²) in [6.45, 7) is 2.27. The van der Waals surface area contributed by atoms with Crippen LogP contribution in [0.5, 0.6) is 0 Å². The maximum absolute atomic E-state index is 12.1. The minimum atomic E-state index is -0.619. The lowest BCUT2D eigenvalue weighted by Crippen LogP contribution is -2.46. The molecule has 0 saturated carbocycles. The number of nitrogens with one attached hydrogen (secondary N) is 1. The van der Waals surface area contributed by atoms with E-state index in [-0.39, 0.29) is 11.6 Å². The van der Waals surface area contributed by atoms with Crippen LogP contribution in [0.3, 0.4) is 0 Å². The number of hydrogen-bond donors (Lipinski definition) is 1. The van der Waals surface area contributed by atoms with E-state index in [2.05, 4.69) is 15.0 Å². The van der Waals surface area contributed by atoms with Gasteiger partial charge in [-0.05, 0) is 12.5 Å². The van der Waals surface area contributed by atoms with Crippen molar-refractivity contribution in [3.63, 3.8) is 0 Å². The number of ether oxygens (including phenoxy) is 1. The van der Waals surface area contributed by atoms with Crippen molar-refractivity contribution in [1.29, 1.82) is 0 Å². The van der Waals surface area contributed by atoms with Crippen LogP contribution in [0, 0.1) is 0 Å². The smallest absolute Gasteiger partial charge is 0.274 e. The molecule has 2 aromatic rings. The van der Waals surface area contributed by atoms with Crippen LogP contribution in [0.25, 0.3) is 0 Å². The molecule has 0 radical (unpaired) electrons. The van der Waals surface area contributed by atoms with Crippen LogP contribution >= 0.6 is 0 Å². The standard InChI is InChI=1S/C14H16N2O3/c1-14(10-18-2,11-6-4-3-5-7-11)15-13(17)12-8-9-19-16-12/h3-9H,10H2,1-2H3,(H,15,17)/t14-/m1/s1. The molecule has 19 heavy (non-hydrogen) atoms. The number of hydrogen-bond acceptors (Lipinski definition) is 4. The van der Waals surface area contributed by atoms with Gasteiger partial charge in [-0.1, -0.05) is 35.5 Å². The maximum atomic E-state index is 12.1. The highest BCUT2D eigenvalue weighted by molar-refractivity contribution is 5.92. The van der Waals surface area contributed by atoms with E-state index in [0.717, 1.165) is 5.56 Å². The SMILES string of the molecule is COC[C@@](C)(NC(=O)c1ccon1)c1ccccc1. The number of amides is 1. The zero-order valence-electron chi connectivity index (χ0n) is 10.9. The summed E-state index contributed by atoms with van der Waals surface area (Å²) in [5, 5.41) is 6.55. The molecule has 0 saturated heterocycles. The zero-order chi connectivity index (χ0) is 13.7. The molecule has 100 valence electrons. The van der Waals surface area contributed by atoms with Crippen LogP contribution in [-0.4, -0.2) is 24.8 Å². The lowest BCUT2D eigenvalue weighted by atomic mass is 9.92. The Morgan fingerprint density at radius 3 is 2.68 bits per heavy atom. The maximum Gasteiger partial charge on any atom is 0.274 e. The monoisotopic (exact) mass is 260 g/mol. The molecular weight excluding hydrogens is 244 g/mol. The van der Waals surface area contributed by atoms with Gasteiger partial charge in [0.1, 0.15) is 6.26 Å². The van der Waals surface area contributed by atoms with Crippen LogP contribution < -0.4 is 5.32 Å². The van der Waals surface area contributed by atoms with Gasteiger partial charge >= 0.3 is 0 Å². The summed E-state index contributed by atoms with van der Waals surface area (Å²) in [7, 11) is 1.60. The molecule has 1 amide bonds. The lowest BCUT2D eigenvalue weighted by molar-refractivity contribution is 0.0777. The fourth-order valence-electron chi connectivity index (χ4n) is 1.93. The van der Waals surface area contributed by atoms with Gasteiger partial charge in [0.05, 0.1) is 12.1 Å². The number of methoxy groups -OCH3 is 1. The van der Waals surface area contributed by atoms with E-state index in [1.165, 1.54) is 12.3 Å². The second-order valence-corrected chi connectivity index (χ2v) is 4.47. The van der Waals surface area contributed by atoms with Crippen LogP contribution in [0.2, 0.25) is 0 Å². The van der Waals surface area contributed by atoms with Crippen molar-refractivity contribution in [2.75, 3.05) is 13.7 Å². The van der Waals surface area contributed by atoms with Gasteiger partial charge in [0.25, 0.3) is 5.91 Å². The molecule has 5 heteroatoms. The Morgan fingerprint density at radius 1 is 1.37 bits per heavy atom. The highest BCUT2D eigenvalue weighted by atomic mass is 16.5. The molecule has 1 aromatic carbocycles. The molecular formula is C14H16N2O3. The van der Waals surface area contributed by atoms with E-state index in [1.54, 1.807) is 7.11 Å². The van der Waals surface area contributed by atoms with Gasteiger partial charge < -0.3 is 14.6 Å². The minimum absolute atomic E-state index is 0.248. The van der Waals surface area contributed by atoms with Gasteiger partial charge in [-0.25, -0.2) is 0 Å². The third-order valence-corrected chi connectivity index (χ3v) is 2.90. The van der Waals surface area contributed by atoms with Crippen LogP contribution in [-0.2, 0) is 10.3 Å². The lowest BCUT2D eigenvalue weighted by Gasteiger charge is -2.30. The first-order chi connectivity index (χ1) is 9.15. The molecule has 2 rings (SSSR count). The van der Waals surface area contributed by atoms with Crippen molar-refractivity contribution in [3.05, 3.63) is 53.9 Å². The largest absolute Gasteiger partial charge is 0.382 e. The predicted molar refractivity (Wildman–Crippen MR) is 69.6 cm³/mol. The summed E-state index contributed by atoms with van der Waals surface area (Å²) in [5.41, 5.74) is 0.596. The number of carbonyl (C=O) groups excluding carboxylic acids is 1. The summed E-state index contributed by atoms with van der Waals surface area (Å²) < 4.78 is 9.89. The molecule has 1 atom stereocenters. The molecule has 1 heterocycles. The average molecular weight is 260 g/mol. The first-order valence-electron chi connectivity index (χ1n) is 5.93. The van der Waals surface area contributed by atoms with Crippen molar-refractivity contribution >= 4 is 5.91 Å². The number of nitrogens with zero attached hydrogens (tertiary/aromatic N) is 1. The molecule has 0 fully saturated rings. The van der Waals surface area contributed by atoms with E-state index in [4.69, 9.17) is 4.74 Å². The third-order valence-electron chi connectivity index (χ3n) is 2.90. The summed E-state index contributed by atoms with van der Waals surface area (Å²) >= 11 is 0. The van der Waals surface area contributed by atoms with Gasteiger partial charge in [0.2, 0.25) is 0 Å². The number of aromatic nitrogens is 1. The number of rotatable bonds is 5. The molecule has 0 aliphatic rings. The summed E-state index contributed by atoms with van der Waals surface area (Å²) in [6.07, 6.45) is 1.37. The fourth-order valence-corrected chi connectivity index (χ4v) is 1.93. The Kier molecular flexibility index (Phi) is 3.97. The Morgan fingerprint density at radius 2 is 2.11 bits per heavy atom. The normalized spacial score (nSPS) is 13.8. The second kappa shape index (κ2) is 5.67. The Labute approximate surface area is 111 Å². The Balaban J connectivity index is 2.23. The van der Waals surface area contributed by atoms with Gasteiger partial charge in [0, 0.05) is 13.2 Å². The summed E-state index contributed by atoms with van der Waals surface area (Å²) in [4.78, 5) is 12.1. The van der Waals surface area contributed by atoms with Crippen LogP contribution in [0.15, 0.2) is 47.2 Å². The van der Waals surface area contributed by atoms with E-state index >= 15 is 0 Å². The molecule has 0 spiro atoms. The first kappa shape index (κ1) is 13.3. The molecule has 1 aromatic heterocycles. The Hall–Kier alpha value is -2.14. The minimum Gasteiger partial charge on any atom is -0.382 e. The van der Waals surface area contributed by atoms with Gasteiger partial charge in [-0.15, -0.1) is 0 Å². The van der Waals surface area contributed by atoms with Crippen molar-refractivity contribution in [2.45, 2.75) is 12.5 Å². The predicted octanol–water partition coefficient (Wildman–Crippen LogP) is 1.97. The van der Waals surface area contributed by atoms with E-state index < -0.39 is 5.54 Å². The van der Waals surface area contributed by atoms with E-state index in [1.807, 2.05) is 37.3 Å². The molecule has 0 bridgehead atoms. The molecule has 0 unspecified atom stereocenters. The van der Waals surface area contributed by atoms with Crippen molar-refractivity contribution in [1.82, 2.24) is 10.5 Å². The second-order valence-electron chi connectivity index (χ2n) is 4.47. The van der Waals surface area contributed by atoms with E-state index in [9.17, 15) is 4.79 Å². The van der Waals surface area contributed by atoms with Crippen LogP contribution in [0.4, 0.5) is 0 Å².